The number of nitrogens with two attached hydrogens (primary N) is 1. The Hall–Kier alpha value is -4.03. The van der Waals surface area contributed by atoms with Gasteiger partial charge < -0.3 is 36.0 Å². The molecule has 1 saturated carbocycles. The van der Waals surface area contributed by atoms with Crippen LogP contribution in [0.5, 0.6) is 5.75 Å². The number of ketones is 2. The van der Waals surface area contributed by atoms with E-state index in [1.165, 1.54) is 25.1 Å². The minimum atomic E-state index is -2.97. The van der Waals surface area contributed by atoms with Crippen LogP contribution in [0.3, 0.4) is 0 Å². The Bertz CT molecular complexity index is 1470. The van der Waals surface area contributed by atoms with Gasteiger partial charge in [-0.3, -0.25) is 19.3 Å². The van der Waals surface area contributed by atoms with Crippen LogP contribution in [-0.2, 0) is 25.7 Å². The normalized spacial score (nSPS) is 29.8. The van der Waals surface area contributed by atoms with E-state index in [1.54, 1.807) is 12.1 Å². The van der Waals surface area contributed by atoms with Crippen LogP contribution in [0.2, 0.25) is 0 Å². The zero-order valence-corrected chi connectivity index (χ0v) is 21.8. The van der Waals surface area contributed by atoms with Crippen molar-refractivity contribution < 1.29 is 44.7 Å². The lowest BCUT2D eigenvalue weighted by atomic mass is 9.54. The van der Waals surface area contributed by atoms with E-state index in [-0.39, 0.29) is 24.5 Å². The number of phenolic OH excluding ortho intramolecular Hbond substituents is 1. The number of fused-ring (bicyclic) bond motifs is 3. The predicted molar refractivity (Wildman–Crippen MR) is 141 cm³/mol. The van der Waals surface area contributed by atoms with Crippen LogP contribution in [0.15, 0.2) is 65.4 Å². The van der Waals surface area contributed by atoms with Crippen LogP contribution in [-0.4, -0.2) is 86.4 Å². The predicted octanol–water partition coefficient (Wildman–Crippen LogP) is 0.693. The number of aliphatic hydroxyl groups excluding tert-OH is 3. The highest BCUT2D eigenvalue weighted by molar-refractivity contribution is 6.24. The average molecular weight is 551 g/mol. The highest BCUT2D eigenvalue weighted by atomic mass is 16.5. The lowest BCUT2D eigenvalue weighted by Gasteiger charge is -2.54. The van der Waals surface area contributed by atoms with Gasteiger partial charge in [0, 0.05) is 17.4 Å². The van der Waals surface area contributed by atoms with E-state index in [0.29, 0.717) is 5.56 Å². The Morgan fingerprint density at radius 1 is 1.05 bits per heavy atom. The van der Waals surface area contributed by atoms with Gasteiger partial charge in [-0.1, -0.05) is 42.5 Å². The number of amides is 1. The SMILES string of the molecule is CN(C)[C@H]1C(=O)C(C(N)=O)=C(O)[C@]2(O)C(=O)C3=C(O)c4c(O)cccc4[C@@H](COCc4ccccc4)[C@@H]3[C@@H](O)[C@H]12. The van der Waals surface area contributed by atoms with E-state index in [4.69, 9.17) is 10.5 Å². The second kappa shape index (κ2) is 9.86. The van der Waals surface area contributed by atoms with Gasteiger partial charge in [-0.25, -0.2) is 0 Å². The fourth-order valence-electron chi connectivity index (χ4n) is 6.47. The largest absolute Gasteiger partial charge is 0.508 e. The molecular weight excluding hydrogens is 520 g/mol. The minimum Gasteiger partial charge on any atom is -0.508 e. The second-order valence-corrected chi connectivity index (χ2v) is 10.6. The Morgan fingerprint density at radius 3 is 2.35 bits per heavy atom. The maximum atomic E-state index is 14.1. The fraction of sp³-hybridized carbons (Fsp3) is 0.345. The Labute approximate surface area is 229 Å². The first kappa shape index (κ1) is 27.5. The van der Waals surface area contributed by atoms with Gasteiger partial charge in [-0.2, -0.15) is 0 Å². The number of rotatable bonds is 6. The van der Waals surface area contributed by atoms with Crippen LogP contribution < -0.4 is 5.73 Å². The van der Waals surface area contributed by atoms with Crippen molar-refractivity contribution in [3.8, 4) is 5.75 Å². The Kier molecular flexibility index (Phi) is 6.79. The molecule has 210 valence electrons. The summed E-state index contributed by atoms with van der Waals surface area (Å²) in [4.78, 5) is 40.9. The third-order valence-electron chi connectivity index (χ3n) is 8.21. The zero-order chi connectivity index (χ0) is 29.1. The average Bonchev–Trinajstić information content (AvgIpc) is 2.90. The van der Waals surface area contributed by atoms with Gasteiger partial charge in [-0.05, 0) is 31.3 Å². The van der Waals surface area contributed by atoms with Gasteiger partial charge in [0.05, 0.1) is 36.8 Å². The van der Waals surface area contributed by atoms with E-state index in [1.807, 2.05) is 30.3 Å². The number of likely N-dealkylation sites (N-methyl/N-ethyl adjacent to an activating group) is 1. The molecule has 1 fully saturated rings. The maximum Gasteiger partial charge on any atom is 0.255 e. The Morgan fingerprint density at radius 2 is 1.73 bits per heavy atom. The van der Waals surface area contributed by atoms with E-state index in [2.05, 4.69) is 0 Å². The van der Waals surface area contributed by atoms with Crippen LogP contribution in [0.1, 0.15) is 22.6 Å². The smallest absolute Gasteiger partial charge is 0.255 e. The van der Waals surface area contributed by atoms with Crippen molar-refractivity contribution >= 4 is 23.2 Å². The van der Waals surface area contributed by atoms with Gasteiger partial charge in [0.2, 0.25) is 5.78 Å². The van der Waals surface area contributed by atoms with E-state index < -0.39 is 75.6 Å². The fourth-order valence-corrected chi connectivity index (χ4v) is 6.47. The van der Waals surface area contributed by atoms with Crippen molar-refractivity contribution in [3.63, 3.8) is 0 Å². The number of Topliss-reactive ketones (excluding diaryl/α,β-unsaturated/α-hetero) is 2. The summed E-state index contributed by atoms with van der Waals surface area (Å²) in [5.74, 6) is -9.53. The number of hydrogen-bond acceptors (Lipinski definition) is 10. The van der Waals surface area contributed by atoms with Crippen LogP contribution >= 0.6 is 0 Å². The molecule has 0 aromatic heterocycles. The van der Waals surface area contributed by atoms with Gasteiger partial charge >= 0.3 is 0 Å². The van der Waals surface area contributed by atoms with Crippen molar-refractivity contribution in [2.24, 2.45) is 17.6 Å². The zero-order valence-electron chi connectivity index (χ0n) is 21.8. The molecule has 6 atom stereocenters. The van der Waals surface area contributed by atoms with Crippen LogP contribution in [0, 0.1) is 11.8 Å². The van der Waals surface area contributed by atoms with Crippen molar-refractivity contribution in [2.45, 2.75) is 30.3 Å². The van der Waals surface area contributed by atoms with Crippen molar-refractivity contribution in [1.29, 1.82) is 0 Å². The lowest BCUT2D eigenvalue weighted by Crippen LogP contribution is -2.70. The van der Waals surface area contributed by atoms with Crippen LogP contribution in [0.4, 0.5) is 0 Å². The van der Waals surface area contributed by atoms with E-state index in [0.717, 1.165) is 5.56 Å². The number of primary amides is 1. The number of hydrogen-bond donors (Lipinski definition) is 6. The molecule has 2 aromatic carbocycles. The van der Waals surface area contributed by atoms with Gasteiger partial charge in [-0.15, -0.1) is 0 Å². The summed E-state index contributed by atoms with van der Waals surface area (Å²) in [6.45, 7) is 0.113. The summed E-state index contributed by atoms with van der Waals surface area (Å²) >= 11 is 0. The third-order valence-corrected chi connectivity index (χ3v) is 8.21. The molecule has 0 saturated heterocycles. The molecule has 11 nitrogen and oxygen atoms in total. The number of aromatic hydroxyl groups is 1. The highest BCUT2D eigenvalue weighted by Gasteiger charge is 2.68. The van der Waals surface area contributed by atoms with Gasteiger partial charge in [0.25, 0.3) is 5.91 Å². The molecule has 0 bridgehead atoms. The molecule has 3 aliphatic rings. The summed E-state index contributed by atoms with van der Waals surface area (Å²) in [6, 6.07) is 12.3. The molecular formula is C29H30N2O9. The molecule has 0 radical (unpaired) electrons. The number of aliphatic hydroxyl groups is 4. The molecule has 1 amide bonds. The van der Waals surface area contributed by atoms with Crippen LogP contribution in [0.25, 0.3) is 5.76 Å². The number of benzene rings is 2. The topological polar surface area (TPSA) is 191 Å². The number of carbonyl (C=O) groups excluding carboxylic acids is 3. The number of ether oxygens (including phenoxy) is 1. The molecule has 5 rings (SSSR count). The van der Waals surface area contributed by atoms with Gasteiger partial charge in [0.15, 0.2) is 11.4 Å². The van der Waals surface area contributed by atoms with E-state index >= 15 is 0 Å². The second-order valence-electron chi connectivity index (χ2n) is 10.6. The summed E-state index contributed by atoms with van der Waals surface area (Å²) in [5, 5.41) is 56.6. The number of nitrogens with zero attached hydrogens (tertiary/aromatic N) is 1. The van der Waals surface area contributed by atoms with Crippen molar-refractivity contribution in [3.05, 3.63) is 82.1 Å². The number of phenols is 1. The molecule has 0 unspecified atom stereocenters. The Balaban J connectivity index is 1.69. The monoisotopic (exact) mass is 550 g/mol. The molecule has 11 heteroatoms. The summed E-state index contributed by atoms with van der Waals surface area (Å²) in [7, 11) is 2.91. The third kappa shape index (κ3) is 3.85. The van der Waals surface area contributed by atoms with Crippen molar-refractivity contribution in [1.82, 2.24) is 4.90 Å². The molecule has 0 aliphatic heterocycles. The maximum absolute atomic E-state index is 14.1. The van der Waals surface area contributed by atoms with Crippen molar-refractivity contribution in [2.75, 3.05) is 20.7 Å². The molecule has 0 spiro atoms. The number of carbonyl (C=O) groups is 3. The lowest BCUT2D eigenvalue weighted by molar-refractivity contribution is -0.170. The highest BCUT2D eigenvalue weighted by Crippen LogP contribution is 2.56. The molecule has 7 N–H and O–H groups in total. The molecule has 40 heavy (non-hydrogen) atoms. The molecule has 3 aliphatic carbocycles. The van der Waals surface area contributed by atoms with E-state index in [9.17, 15) is 39.9 Å². The minimum absolute atomic E-state index is 0.0722. The first-order valence-electron chi connectivity index (χ1n) is 12.7. The first-order chi connectivity index (χ1) is 18.9. The summed E-state index contributed by atoms with van der Waals surface area (Å²) in [5.41, 5.74) is 2.12. The molecule has 2 aromatic rings. The summed E-state index contributed by atoms with van der Waals surface area (Å²) in [6.07, 6.45) is -1.70. The molecule has 0 heterocycles. The van der Waals surface area contributed by atoms with Gasteiger partial charge in [0.1, 0.15) is 22.8 Å². The summed E-state index contributed by atoms with van der Waals surface area (Å²) < 4.78 is 5.98. The first-order valence-corrected chi connectivity index (χ1v) is 12.7. The standard InChI is InChI=1S/C29H30N2O9/c1-31(2)22-21-24(34)18-15(12-40-11-13-7-4-3-5-8-13)14-9-6-10-16(32)17(14)23(33)19(18)26(36)29(21,39)27(37)20(25(22)35)28(30)38/h3-10,15,18,21-22,24,32-34,37,39H,11-12H2,1-2H3,(H2,30,38)/t15-,18+,21+,22-,24-,29-/m1/s1. The quantitative estimate of drug-likeness (QED) is 0.279.